The van der Waals surface area contributed by atoms with Crippen LogP contribution in [0.25, 0.3) is 0 Å². The summed E-state index contributed by atoms with van der Waals surface area (Å²) in [5, 5.41) is 11.8. The Balaban J connectivity index is 3.72. The van der Waals surface area contributed by atoms with Gasteiger partial charge in [0.25, 0.3) is 0 Å². The van der Waals surface area contributed by atoms with E-state index >= 15 is 0 Å². The van der Waals surface area contributed by atoms with Crippen molar-refractivity contribution in [3.05, 3.63) is 0 Å². The number of carbonyl (C=O) groups is 1. The normalized spacial score (nSPS) is 15.1. The Labute approximate surface area is 92.2 Å². The van der Waals surface area contributed by atoms with Crippen molar-refractivity contribution in [2.45, 2.75) is 52.1 Å². The zero-order chi connectivity index (χ0) is 11.8. The first kappa shape index (κ1) is 14.4. The van der Waals surface area contributed by atoms with Crippen molar-refractivity contribution in [3.63, 3.8) is 0 Å². The number of hydrogen-bond acceptors (Lipinski definition) is 3. The van der Waals surface area contributed by atoms with Gasteiger partial charge in [0.1, 0.15) is 0 Å². The van der Waals surface area contributed by atoms with Gasteiger partial charge < -0.3 is 16.2 Å². The van der Waals surface area contributed by atoms with E-state index in [4.69, 9.17) is 10.8 Å². The molecule has 0 aromatic rings. The van der Waals surface area contributed by atoms with Gasteiger partial charge in [0, 0.05) is 12.5 Å². The fourth-order valence-corrected chi connectivity index (χ4v) is 1.29. The molecule has 4 heteroatoms. The first-order valence-corrected chi connectivity index (χ1v) is 5.63. The lowest BCUT2D eigenvalue weighted by Gasteiger charge is -2.19. The van der Waals surface area contributed by atoms with Crippen LogP contribution in [-0.4, -0.2) is 29.7 Å². The lowest BCUT2D eigenvalue weighted by atomic mass is 10.0. The smallest absolute Gasteiger partial charge is 0.220 e. The van der Waals surface area contributed by atoms with Gasteiger partial charge in [-0.1, -0.05) is 13.8 Å². The molecule has 2 atom stereocenters. The van der Waals surface area contributed by atoms with Gasteiger partial charge in [0.15, 0.2) is 0 Å². The van der Waals surface area contributed by atoms with E-state index in [0.717, 1.165) is 12.8 Å². The monoisotopic (exact) mass is 216 g/mol. The molecule has 90 valence electrons. The molecular formula is C11H24N2O2. The summed E-state index contributed by atoms with van der Waals surface area (Å²) in [5.41, 5.74) is 5.58. The molecule has 4 nitrogen and oxygen atoms in total. The van der Waals surface area contributed by atoms with Gasteiger partial charge in [0.05, 0.1) is 12.6 Å². The molecule has 0 aliphatic heterocycles. The molecule has 0 aliphatic carbocycles. The molecule has 1 amide bonds. The molecule has 15 heavy (non-hydrogen) atoms. The molecule has 0 radical (unpaired) electrons. The lowest BCUT2D eigenvalue weighted by Crippen LogP contribution is -2.41. The van der Waals surface area contributed by atoms with E-state index in [1.165, 1.54) is 0 Å². The van der Waals surface area contributed by atoms with Gasteiger partial charge >= 0.3 is 0 Å². The number of hydrogen-bond donors (Lipinski definition) is 3. The number of aliphatic hydroxyl groups is 1. The number of nitrogens with one attached hydrogen (secondary N) is 1. The molecule has 0 aliphatic rings. The summed E-state index contributed by atoms with van der Waals surface area (Å²) in [4.78, 5) is 11.4. The molecule has 0 fully saturated rings. The second kappa shape index (κ2) is 7.65. The van der Waals surface area contributed by atoms with Crippen LogP contribution in [0.2, 0.25) is 0 Å². The average Bonchev–Trinajstić information content (AvgIpc) is 2.13. The van der Waals surface area contributed by atoms with E-state index in [2.05, 4.69) is 5.32 Å². The fourth-order valence-electron chi connectivity index (χ4n) is 1.29. The minimum Gasteiger partial charge on any atom is -0.394 e. The summed E-state index contributed by atoms with van der Waals surface area (Å²) >= 11 is 0. The predicted octanol–water partition coefficient (Wildman–Crippen LogP) is 0.637. The minimum atomic E-state index is -0.132. The maximum atomic E-state index is 11.4. The molecule has 0 saturated carbocycles. The maximum Gasteiger partial charge on any atom is 0.220 e. The second-order valence-corrected chi connectivity index (χ2v) is 4.47. The van der Waals surface area contributed by atoms with Crippen LogP contribution in [-0.2, 0) is 4.79 Å². The molecule has 0 aromatic carbocycles. The Morgan fingerprint density at radius 1 is 1.40 bits per heavy atom. The van der Waals surface area contributed by atoms with Crippen molar-refractivity contribution < 1.29 is 9.90 Å². The Morgan fingerprint density at radius 2 is 2.00 bits per heavy atom. The third kappa shape index (κ3) is 7.33. The molecule has 0 aromatic heterocycles. The van der Waals surface area contributed by atoms with Gasteiger partial charge in [-0.15, -0.1) is 0 Å². The molecule has 0 rings (SSSR count). The quantitative estimate of drug-likeness (QED) is 0.584. The summed E-state index contributed by atoms with van der Waals surface area (Å²) in [6, 6.07) is 0.0179. The van der Waals surface area contributed by atoms with Crippen LogP contribution in [0.3, 0.4) is 0 Å². The van der Waals surface area contributed by atoms with Gasteiger partial charge in [-0.2, -0.15) is 0 Å². The predicted molar refractivity (Wildman–Crippen MR) is 61.4 cm³/mol. The zero-order valence-corrected chi connectivity index (χ0v) is 9.99. The van der Waals surface area contributed by atoms with Gasteiger partial charge in [0.2, 0.25) is 5.91 Å². The van der Waals surface area contributed by atoms with Gasteiger partial charge in [-0.25, -0.2) is 0 Å². The second-order valence-electron chi connectivity index (χ2n) is 4.47. The number of nitrogens with two attached hydrogens (primary N) is 1. The van der Waals surface area contributed by atoms with Gasteiger partial charge in [-0.3, -0.25) is 4.79 Å². The topological polar surface area (TPSA) is 75.4 Å². The van der Waals surface area contributed by atoms with Crippen LogP contribution < -0.4 is 11.1 Å². The molecule has 0 heterocycles. The van der Waals surface area contributed by atoms with Crippen molar-refractivity contribution in [1.29, 1.82) is 0 Å². The van der Waals surface area contributed by atoms with E-state index in [1.807, 2.05) is 20.8 Å². The number of carbonyl (C=O) groups excluding carboxylic acids is 1. The molecule has 0 bridgehead atoms. The highest BCUT2D eigenvalue weighted by Crippen LogP contribution is 2.03. The van der Waals surface area contributed by atoms with Crippen LogP contribution in [0.15, 0.2) is 0 Å². The van der Waals surface area contributed by atoms with Crippen molar-refractivity contribution in [2.24, 2.45) is 11.7 Å². The van der Waals surface area contributed by atoms with Crippen LogP contribution in [0.1, 0.15) is 40.0 Å². The minimum absolute atomic E-state index is 0.00315. The van der Waals surface area contributed by atoms with Crippen molar-refractivity contribution in [2.75, 3.05) is 6.61 Å². The standard InChI is InChI=1S/C11H24N2O2/c1-8(2)10(7-14)13-11(15)6-4-5-9(3)12/h8-10,14H,4-7,12H2,1-3H3,(H,13,15)/t9?,10-/m1/s1. The Kier molecular flexibility index (Phi) is 7.34. The molecular weight excluding hydrogens is 192 g/mol. The summed E-state index contributed by atoms with van der Waals surface area (Å²) in [7, 11) is 0. The maximum absolute atomic E-state index is 11.4. The number of amides is 1. The van der Waals surface area contributed by atoms with Crippen molar-refractivity contribution in [1.82, 2.24) is 5.32 Å². The third-order valence-electron chi connectivity index (χ3n) is 2.41. The highest BCUT2D eigenvalue weighted by Gasteiger charge is 2.14. The number of rotatable bonds is 7. The molecule has 0 spiro atoms. The third-order valence-corrected chi connectivity index (χ3v) is 2.41. The van der Waals surface area contributed by atoms with E-state index in [9.17, 15) is 4.79 Å². The first-order valence-electron chi connectivity index (χ1n) is 5.63. The summed E-state index contributed by atoms with van der Waals surface area (Å²) in [6.45, 7) is 5.88. The molecule has 1 unspecified atom stereocenters. The van der Waals surface area contributed by atoms with E-state index in [-0.39, 0.29) is 30.5 Å². The highest BCUT2D eigenvalue weighted by molar-refractivity contribution is 5.76. The van der Waals surface area contributed by atoms with Crippen LogP contribution in [0.4, 0.5) is 0 Å². The Hall–Kier alpha value is -0.610. The summed E-state index contributed by atoms with van der Waals surface area (Å²) < 4.78 is 0. The molecule has 0 saturated heterocycles. The SMILES string of the molecule is CC(N)CCCC(=O)N[C@H](CO)C(C)C. The molecule has 4 N–H and O–H groups in total. The number of aliphatic hydroxyl groups excluding tert-OH is 1. The van der Waals surface area contributed by atoms with E-state index in [1.54, 1.807) is 0 Å². The average molecular weight is 216 g/mol. The van der Waals surface area contributed by atoms with E-state index in [0.29, 0.717) is 6.42 Å². The van der Waals surface area contributed by atoms with E-state index < -0.39 is 0 Å². The fraction of sp³-hybridized carbons (Fsp3) is 0.909. The van der Waals surface area contributed by atoms with Crippen LogP contribution in [0.5, 0.6) is 0 Å². The Morgan fingerprint density at radius 3 is 2.40 bits per heavy atom. The summed E-state index contributed by atoms with van der Waals surface area (Å²) in [5.74, 6) is 0.260. The Bertz CT molecular complexity index is 181. The van der Waals surface area contributed by atoms with Crippen molar-refractivity contribution >= 4 is 5.91 Å². The van der Waals surface area contributed by atoms with Gasteiger partial charge in [-0.05, 0) is 25.7 Å². The lowest BCUT2D eigenvalue weighted by molar-refractivity contribution is -0.122. The first-order chi connectivity index (χ1) is 6.97. The van der Waals surface area contributed by atoms with Crippen LogP contribution >= 0.6 is 0 Å². The largest absolute Gasteiger partial charge is 0.394 e. The highest BCUT2D eigenvalue weighted by atomic mass is 16.3. The summed E-state index contributed by atoms with van der Waals surface area (Å²) in [6.07, 6.45) is 2.16. The van der Waals surface area contributed by atoms with Crippen LogP contribution in [0, 0.1) is 5.92 Å². The van der Waals surface area contributed by atoms with Crippen molar-refractivity contribution in [3.8, 4) is 0 Å². The zero-order valence-electron chi connectivity index (χ0n) is 9.99.